The van der Waals surface area contributed by atoms with E-state index in [1.807, 2.05) is 0 Å². The third-order valence-electron chi connectivity index (χ3n) is 9.38. The van der Waals surface area contributed by atoms with Gasteiger partial charge < -0.3 is 99.2 Å². The van der Waals surface area contributed by atoms with Crippen molar-refractivity contribution in [1.29, 1.82) is 0 Å². The summed E-state index contributed by atoms with van der Waals surface area (Å²) < 4.78 is 39.0. The summed E-state index contributed by atoms with van der Waals surface area (Å²) in [6.07, 6.45) is -25.6. The first kappa shape index (κ1) is 39.8. The van der Waals surface area contributed by atoms with E-state index in [0.717, 1.165) is 24.3 Å². The number of benzene rings is 2. The third kappa shape index (κ3) is 7.52. The van der Waals surface area contributed by atoms with Crippen LogP contribution in [0.3, 0.4) is 0 Å². The van der Waals surface area contributed by atoms with Gasteiger partial charge in [-0.1, -0.05) is 0 Å². The van der Waals surface area contributed by atoms with Crippen LogP contribution in [0.2, 0.25) is 0 Å². The fourth-order valence-corrected chi connectivity index (χ4v) is 6.22. The Bertz CT molecular complexity index is 1850. The highest BCUT2D eigenvalue weighted by atomic mass is 16.7. The van der Waals surface area contributed by atoms with Crippen molar-refractivity contribution in [3.05, 3.63) is 40.6 Å². The van der Waals surface area contributed by atoms with Crippen LogP contribution in [0.25, 0.3) is 22.3 Å². The SMILES string of the molecule is C[C@@H]1O[C@H](OC[C@@H]2O[C@H](OC[C@@H]3O[C@H](Oc4c(-c5ccc(O)c(O)c5)oc5cc(O)cc(O)c5c4=O)[C@@H](O)[C@H](O)[C@@H]3O)[C@@H](O)[C@H](O)[C@H]2O)[C@H](O)[C@H](O)[C@H]1O. The Balaban J connectivity index is 1.20. The first-order chi connectivity index (χ1) is 25.5. The number of phenols is 4. The minimum absolute atomic E-state index is 0.0801. The summed E-state index contributed by atoms with van der Waals surface area (Å²) in [5, 5.41) is 134. The van der Waals surface area contributed by atoms with Gasteiger partial charge in [0.1, 0.15) is 89.6 Å². The molecule has 1 aromatic heterocycles. The first-order valence-corrected chi connectivity index (χ1v) is 16.5. The maximum absolute atomic E-state index is 13.7. The van der Waals surface area contributed by atoms with Crippen LogP contribution in [0.4, 0.5) is 0 Å². The molecule has 6 rings (SSSR count). The molecule has 0 amide bonds. The second-order valence-corrected chi connectivity index (χ2v) is 13.1. The molecule has 3 saturated heterocycles. The Hall–Kier alpha value is -3.91. The van der Waals surface area contributed by atoms with E-state index >= 15 is 0 Å². The van der Waals surface area contributed by atoms with Crippen molar-refractivity contribution in [3.63, 3.8) is 0 Å². The van der Waals surface area contributed by atoms with E-state index in [4.69, 9.17) is 32.8 Å². The summed E-state index contributed by atoms with van der Waals surface area (Å²) in [4.78, 5) is 13.7. The Labute approximate surface area is 303 Å². The predicted molar refractivity (Wildman–Crippen MR) is 173 cm³/mol. The average molecular weight is 773 g/mol. The Morgan fingerprint density at radius 2 is 1.13 bits per heavy atom. The smallest absolute Gasteiger partial charge is 0.239 e. The zero-order chi connectivity index (χ0) is 39.3. The molecule has 21 heteroatoms. The molecule has 15 atom stereocenters. The van der Waals surface area contributed by atoms with Crippen LogP contribution >= 0.6 is 0 Å². The number of fused-ring (bicyclic) bond motifs is 1. The van der Waals surface area contributed by atoms with Crippen molar-refractivity contribution >= 4 is 11.0 Å². The van der Waals surface area contributed by atoms with E-state index in [0.29, 0.717) is 0 Å². The number of rotatable bonds is 9. The Morgan fingerprint density at radius 3 is 1.72 bits per heavy atom. The van der Waals surface area contributed by atoms with Crippen molar-refractivity contribution in [2.75, 3.05) is 13.2 Å². The molecule has 0 radical (unpaired) electrons. The van der Waals surface area contributed by atoms with Gasteiger partial charge in [0.2, 0.25) is 17.5 Å². The van der Waals surface area contributed by atoms with Gasteiger partial charge in [-0.05, 0) is 25.1 Å². The zero-order valence-corrected chi connectivity index (χ0v) is 28.0. The van der Waals surface area contributed by atoms with E-state index in [-0.39, 0.29) is 11.1 Å². The van der Waals surface area contributed by atoms with Gasteiger partial charge in [0.15, 0.2) is 29.8 Å². The van der Waals surface area contributed by atoms with Crippen LogP contribution in [0.1, 0.15) is 6.92 Å². The minimum Gasteiger partial charge on any atom is -0.508 e. The maximum Gasteiger partial charge on any atom is 0.239 e. The van der Waals surface area contributed by atoms with Gasteiger partial charge in [0, 0.05) is 17.7 Å². The molecule has 0 unspecified atom stereocenters. The highest BCUT2D eigenvalue weighted by molar-refractivity contribution is 5.88. The molecule has 54 heavy (non-hydrogen) atoms. The van der Waals surface area contributed by atoms with Crippen LogP contribution in [0, 0.1) is 0 Å². The number of aromatic hydroxyl groups is 4. The van der Waals surface area contributed by atoms with Crippen LogP contribution in [-0.2, 0) is 23.7 Å². The van der Waals surface area contributed by atoms with E-state index < -0.39 is 151 Å². The highest BCUT2D eigenvalue weighted by Crippen LogP contribution is 2.39. The lowest BCUT2D eigenvalue weighted by Crippen LogP contribution is -2.62. The molecule has 0 saturated carbocycles. The molecule has 0 bridgehead atoms. The summed E-state index contributed by atoms with van der Waals surface area (Å²) >= 11 is 0. The quantitative estimate of drug-likeness (QED) is 0.0925. The summed E-state index contributed by atoms with van der Waals surface area (Å²) in [6, 6.07) is 5.09. The maximum atomic E-state index is 13.7. The molecule has 3 aliphatic heterocycles. The fourth-order valence-electron chi connectivity index (χ4n) is 6.22. The van der Waals surface area contributed by atoms with Crippen LogP contribution < -0.4 is 10.2 Å². The molecule has 13 N–H and O–H groups in total. The van der Waals surface area contributed by atoms with E-state index in [1.165, 1.54) is 13.0 Å². The molecule has 0 aliphatic carbocycles. The van der Waals surface area contributed by atoms with Crippen LogP contribution in [0.15, 0.2) is 39.5 Å². The van der Waals surface area contributed by atoms with Gasteiger partial charge in [-0.2, -0.15) is 0 Å². The average Bonchev–Trinajstić information content (AvgIpc) is 3.13. The number of hydrogen-bond donors (Lipinski definition) is 13. The third-order valence-corrected chi connectivity index (χ3v) is 9.38. The lowest BCUT2D eigenvalue weighted by atomic mass is 9.98. The molecular weight excluding hydrogens is 732 g/mol. The molecule has 4 heterocycles. The van der Waals surface area contributed by atoms with E-state index in [9.17, 15) is 71.2 Å². The summed E-state index contributed by atoms with van der Waals surface area (Å²) in [5.41, 5.74) is -1.50. The minimum atomic E-state index is -2.06. The van der Waals surface area contributed by atoms with E-state index in [1.54, 1.807) is 0 Å². The van der Waals surface area contributed by atoms with Crippen LogP contribution in [0.5, 0.6) is 28.7 Å². The lowest BCUT2D eigenvalue weighted by molar-refractivity contribution is -0.337. The van der Waals surface area contributed by atoms with E-state index in [2.05, 4.69) is 0 Å². The van der Waals surface area contributed by atoms with Crippen molar-refractivity contribution in [3.8, 4) is 40.1 Å². The largest absolute Gasteiger partial charge is 0.508 e. The normalized spacial score (nSPS) is 37.3. The molecule has 298 valence electrons. The summed E-state index contributed by atoms with van der Waals surface area (Å²) in [7, 11) is 0. The number of ether oxygens (including phenoxy) is 6. The van der Waals surface area contributed by atoms with Gasteiger partial charge in [-0.25, -0.2) is 0 Å². The highest BCUT2D eigenvalue weighted by Gasteiger charge is 2.49. The van der Waals surface area contributed by atoms with Crippen LogP contribution in [-0.4, -0.2) is 172 Å². The predicted octanol–water partition coefficient (Wildman–Crippen LogP) is -3.86. The van der Waals surface area contributed by atoms with Gasteiger partial charge >= 0.3 is 0 Å². The van der Waals surface area contributed by atoms with Crippen molar-refractivity contribution in [2.24, 2.45) is 0 Å². The zero-order valence-electron chi connectivity index (χ0n) is 28.0. The number of aliphatic hydroxyl groups is 9. The van der Waals surface area contributed by atoms with Gasteiger partial charge in [-0.3, -0.25) is 4.79 Å². The molecular formula is C33H40O21. The van der Waals surface area contributed by atoms with Crippen molar-refractivity contribution in [2.45, 2.75) is 99.0 Å². The Morgan fingerprint density at radius 1 is 0.593 bits per heavy atom. The van der Waals surface area contributed by atoms with Gasteiger partial charge in [0.25, 0.3) is 0 Å². The molecule has 2 aromatic carbocycles. The summed E-state index contributed by atoms with van der Waals surface area (Å²) in [6.45, 7) is 0.0455. The van der Waals surface area contributed by atoms with Gasteiger partial charge in [0.05, 0.1) is 19.3 Å². The Kier molecular flexibility index (Phi) is 11.5. The number of hydrogen-bond acceptors (Lipinski definition) is 21. The molecule has 21 nitrogen and oxygen atoms in total. The number of phenolic OH excluding ortho intramolecular Hbond substituents is 4. The van der Waals surface area contributed by atoms with Gasteiger partial charge in [-0.15, -0.1) is 0 Å². The summed E-state index contributed by atoms with van der Waals surface area (Å²) in [5.74, 6) is -3.60. The first-order valence-electron chi connectivity index (χ1n) is 16.5. The molecule has 0 spiro atoms. The molecule has 3 aromatic rings. The lowest BCUT2D eigenvalue weighted by Gasteiger charge is -2.43. The monoisotopic (exact) mass is 772 g/mol. The number of aliphatic hydroxyl groups excluding tert-OH is 9. The van der Waals surface area contributed by atoms with Crippen molar-refractivity contribution in [1.82, 2.24) is 0 Å². The standard InChI is InChI=1S/C33H40O21/c1-9-19(38)23(42)26(45)31(50-9)48-7-16-20(39)24(43)27(46)32(52-16)49-8-17-21(40)25(44)28(47)33(53-17)54-30-22(41)18-14(37)5-11(34)6-15(18)51-29(30)10-2-3-12(35)13(36)4-10/h2-6,9,16-17,19-21,23-28,31-40,42-47H,7-8H2,1H3/t9-,16-,17-,19-,20-,21+,23+,24+,25+,26+,27-,28-,31-,32-,33+/m0/s1. The second-order valence-electron chi connectivity index (χ2n) is 13.1. The fraction of sp³-hybridized carbons (Fsp3) is 0.545. The molecule has 3 aliphatic rings. The second kappa shape index (κ2) is 15.7. The topological polar surface area (TPSA) is 349 Å². The molecule has 3 fully saturated rings. The van der Waals surface area contributed by atoms with Crippen molar-refractivity contribution < 1.29 is 99.2 Å².